The maximum absolute atomic E-state index is 12.4. The van der Waals surface area contributed by atoms with Crippen LogP contribution in [0.25, 0.3) is 22.2 Å². The number of hydrogen-bond donors (Lipinski definition) is 1. The molecule has 27 heavy (non-hydrogen) atoms. The Morgan fingerprint density at radius 2 is 1.70 bits per heavy atom. The van der Waals surface area contributed by atoms with Gasteiger partial charge < -0.3 is 10.0 Å². The van der Waals surface area contributed by atoms with E-state index in [2.05, 4.69) is 20.8 Å². The van der Waals surface area contributed by atoms with Crippen LogP contribution in [-0.4, -0.2) is 29.1 Å². The van der Waals surface area contributed by atoms with Gasteiger partial charge >= 0.3 is 5.97 Å². The molecule has 1 fully saturated rings. The van der Waals surface area contributed by atoms with Crippen LogP contribution >= 0.6 is 15.9 Å². The van der Waals surface area contributed by atoms with E-state index in [1.165, 1.54) is 12.8 Å². The molecule has 1 aromatic heterocycles. The van der Waals surface area contributed by atoms with Gasteiger partial charge in [0, 0.05) is 28.5 Å². The summed E-state index contributed by atoms with van der Waals surface area (Å²) in [5.41, 5.74) is 3.50. The molecule has 1 N–H and O–H groups in total. The Hall–Kier alpha value is -2.40. The topological polar surface area (TPSA) is 53.4 Å². The average Bonchev–Trinajstić information content (AvgIpc) is 2.96. The van der Waals surface area contributed by atoms with Crippen molar-refractivity contribution in [2.75, 3.05) is 18.0 Å². The van der Waals surface area contributed by atoms with E-state index in [-0.39, 0.29) is 0 Å². The second-order valence-electron chi connectivity index (χ2n) is 6.92. The molecule has 0 spiro atoms. The molecule has 3 aromatic rings. The molecule has 0 amide bonds. The van der Waals surface area contributed by atoms with Gasteiger partial charge in [-0.3, -0.25) is 0 Å². The maximum atomic E-state index is 12.4. The molecular weight excluding hydrogens is 404 g/mol. The van der Waals surface area contributed by atoms with Gasteiger partial charge in [0.15, 0.2) is 0 Å². The second kappa shape index (κ2) is 7.69. The first kappa shape index (κ1) is 18.0. The molecule has 0 atom stereocenters. The van der Waals surface area contributed by atoms with Crippen molar-refractivity contribution in [1.29, 1.82) is 0 Å². The fraction of sp³-hybridized carbons (Fsp3) is 0.273. The van der Waals surface area contributed by atoms with Crippen LogP contribution < -0.4 is 4.90 Å². The van der Waals surface area contributed by atoms with Crippen molar-refractivity contribution in [3.8, 4) is 11.3 Å². The van der Waals surface area contributed by atoms with Gasteiger partial charge in [0.25, 0.3) is 0 Å². The summed E-state index contributed by atoms with van der Waals surface area (Å²) in [6.07, 6.45) is 4.52. The fourth-order valence-corrected chi connectivity index (χ4v) is 4.20. The number of carboxylic acids is 1. The average molecular weight is 425 g/mol. The molecule has 0 aliphatic carbocycles. The maximum Gasteiger partial charge on any atom is 0.338 e. The van der Waals surface area contributed by atoms with Crippen LogP contribution in [0, 0.1) is 0 Å². The highest BCUT2D eigenvalue weighted by molar-refractivity contribution is 9.10. The molecule has 2 heterocycles. The Bertz CT molecular complexity index is 981. The van der Waals surface area contributed by atoms with Gasteiger partial charge in [-0.15, -0.1) is 0 Å². The minimum atomic E-state index is -0.906. The molecular formula is C22H21BrN2O2. The summed E-state index contributed by atoms with van der Waals surface area (Å²) in [4.78, 5) is 19.5. The monoisotopic (exact) mass is 424 g/mol. The number of anilines is 1. The normalized spacial score (nSPS) is 14.9. The van der Waals surface area contributed by atoms with Crippen molar-refractivity contribution in [2.24, 2.45) is 0 Å². The summed E-state index contributed by atoms with van der Waals surface area (Å²) < 4.78 is 0.855. The van der Waals surface area contributed by atoms with Gasteiger partial charge in [-0.25, -0.2) is 9.78 Å². The molecule has 1 aliphatic rings. The highest BCUT2D eigenvalue weighted by atomic mass is 79.9. The number of carboxylic acid groups (broad SMARTS) is 1. The molecule has 1 aliphatic heterocycles. The lowest BCUT2D eigenvalue weighted by Gasteiger charge is -2.27. The Balaban J connectivity index is 2.06. The third-order valence-electron chi connectivity index (χ3n) is 5.10. The van der Waals surface area contributed by atoms with Crippen molar-refractivity contribution in [3.05, 3.63) is 58.6 Å². The van der Waals surface area contributed by atoms with Gasteiger partial charge in [0.2, 0.25) is 0 Å². The molecule has 138 valence electrons. The third kappa shape index (κ3) is 3.56. The summed E-state index contributed by atoms with van der Waals surface area (Å²) in [6, 6.07) is 15.5. The van der Waals surface area contributed by atoms with Gasteiger partial charge in [-0.1, -0.05) is 59.1 Å². The lowest BCUT2D eigenvalue weighted by Crippen LogP contribution is -2.27. The molecule has 5 heteroatoms. The standard InChI is InChI=1S/C22H21BrN2O2/c23-16-10-11-18-17(14-16)19(22(26)27)21(25-12-6-1-2-7-13-25)20(24-18)15-8-4-3-5-9-15/h3-5,8-11,14H,1-2,6-7,12-13H2,(H,26,27). The highest BCUT2D eigenvalue weighted by Crippen LogP contribution is 2.38. The minimum absolute atomic E-state index is 0.349. The van der Waals surface area contributed by atoms with Gasteiger partial charge in [-0.2, -0.15) is 0 Å². The number of fused-ring (bicyclic) bond motifs is 1. The largest absolute Gasteiger partial charge is 0.478 e. The first-order valence-electron chi connectivity index (χ1n) is 9.32. The fourth-order valence-electron chi connectivity index (χ4n) is 3.84. The lowest BCUT2D eigenvalue weighted by molar-refractivity contribution is 0.0699. The molecule has 1 saturated heterocycles. The Morgan fingerprint density at radius 3 is 2.37 bits per heavy atom. The summed E-state index contributed by atoms with van der Waals surface area (Å²) in [7, 11) is 0. The van der Waals surface area contributed by atoms with E-state index in [9.17, 15) is 9.90 Å². The van der Waals surface area contributed by atoms with Gasteiger partial charge in [-0.05, 0) is 31.0 Å². The molecule has 4 nitrogen and oxygen atoms in total. The van der Waals surface area contributed by atoms with Crippen molar-refractivity contribution in [1.82, 2.24) is 4.98 Å². The molecule has 0 bridgehead atoms. The Morgan fingerprint density at radius 1 is 1.00 bits per heavy atom. The van der Waals surface area contributed by atoms with Gasteiger partial charge in [0.05, 0.1) is 22.5 Å². The first-order chi connectivity index (χ1) is 13.1. The minimum Gasteiger partial charge on any atom is -0.478 e. The van der Waals surface area contributed by atoms with Crippen molar-refractivity contribution in [3.63, 3.8) is 0 Å². The van der Waals surface area contributed by atoms with E-state index in [4.69, 9.17) is 4.98 Å². The summed E-state index contributed by atoms with van der Waals surface area (Å²) in [6.45, 7) is 1.72. The zero-order valence-electron chi connectivity index (χ0n) is 15.0. The van der Waals surface area contributed by atoms with E-state index < -0.39 is 5.97 Å². The van der Waals surface area contributed by atoms with E-state index in [0.717, 1.165) is 47.3 Å². The summed E-state index contributed by atoms with van der Waals surface area (Å²) in [5, 5.41) is 10.8. The highest BCUT2D eigenvalue weighted by Gasteiger charge is 2.26. The van der Waals surface area contributed by atoms with Crippen LogP contribution in [0.1, 0.15) is 36.0 Å². The number of aromatic carboxylic acids is 1. The van der Waals surface area contributed by atoms with Crippen molar-refractivity contribution in [2.45, 2.75) is 25.7 Å². The van der Waals surface area contributed by atoms with Crippen LogP contribution in [0.4, 0.5) is 5.69 Å². The van der Waals surface area contributed by atoms with Crippen molar-refractivity contribution < 1.29 is 9.90 Å². The number of rotatable bonds is 3. The quantitative estimate of drug-likeness (QED) is 0.581. The Labute approximate surface area is 167 Å². The predicted molar refractivity (Wildman–Crippen MR) is 113 cm³/mol. The summed E-state index contributed by atoms with van der Waals surface area (Å²) in [5.74, 6) is -0.906. The van der Waals surface area contributed by atoms with E-state index in [1.807, 2.05) is 48.5 Å². The number of nitrogens with zero attached hydrogens (tertiary/aromatic N) is 2. The molecule has 0 unspecified atom stereocenters. The molecule has 2 aromatic carbocycles. The second-order valence-corrected chi connectivity index (χ2v) is 7.83. The van der Waals surface area contributed by atoms with Crippen LogP contribution in [0.15, 0.2) is 53.0 Å². The van der Waals surface area contributed by atoms with Crippen LogP contribution in [0.2, 0.25) is 0 Å². The lowest BCUT2D eigenvalue weighted by atomic mass is 10.00. The number of carbonyl (C=O) groups is 1. The predicted octanol–water partition coefficient (Wildman–Crippen LogP) is 5.74. The number of pyridine rings is 1. The van der Waals surface area contributed by atoms with Crippen LogP contribution in [-0.2, 0) is 0 Å². The van der Waals surface area contributed by atoms with E-state index in [0.29, 0.717) is 16.5 Å². The Kier molecular flexibility index (Phi) is 5.12. The smallest absolute Gasteiger partial charge is 0.338 e. The zero-order valence-corrected chi connectivity index (χ0v) is 16.6. The summed E-state index contributed by atoms with van der Waals surface area (Å²) >= 11 is 3.48. The molecule has 0 saturated carbocycles. The SMILES string of the molecule is O=C(O)c1c(N2CCCCCC2)c(-c2ccccc2)nc2ccc(Br)cc12. The number of aromatic nitrogens is 1. The molecule has 0 radical (unpaired) electrons. The first-order valence-corrected chi connectivity index (χ1v) is 10.1. The number of halogens is 1. The zero-order chi connectivity index (χ0) is 18.8. The molecule has 4 rings (SSSR count). The van der Waals surface area contributed by atoms with Crippen LogP contribution in [0.3, 0.4) is 0 Å². The van der Waals surface area contributed by atoms with Crippen LogP contribution in [0.5, 0.6) is 0 Å². The van der Waals surface area contributed by atoms with Crippen molar-refractivity contribution >= 4 is 38.5 Å². The third-order valence-corrected chi connectivity index (χ3v) is 5.60. The van der Waals surface area contributed by atoms with E-state index in [1.54, 1.807) is 0 Å². The van der Waals surface area contributed by atoms with E-state index >= 15 is 0 Å². The van der Waals surface area contributed by atoms with Gasteiger partial charge in [0.1, 0.15) is 0 Å². The number of benzene rings is 2. The number of hydrogen-bond acceptors (Lipinski definition) is 3.